The van der Waals surface area contributed by atoms with Crippen LogP contribution in [0.2, 0.25) is 0 Å². The van der Waals surface area contributed by atoms with Gasteiger partial charge in [-0.2, -0.15) is 0 Å². The number of hydrogen-bond donors (Lipinski definition) is 0. The summed E-state index contributed by atoms with van der Waals surface area (Å²) in [6, 6.07) is 3.85. The molecule has 3 heterocycles. The monoisotopic (exact) mass is 292 g/mol. The Morgan fingerprint density at radius 2 is 2.26 bits per heavy atom. The standard InChI is InChI=1S/C13H13ClN4S/c1-9(13-16-5-6-19-13)8-18-11(7-14)17-10-3-2-4-15-12(10)18/h2-6,9H,7-8H2,1H3. The Morgan fingerprint density at radius 3 is 3.00 bits per heavy atom. The molecule has 3 aromatic heterocycles. The lowest BCUT2D eigenvalue weighted by molar-refractivity contribution is 0.589. The van der Waals surface area contributed by atoms with E-state index in [9.17, 15) is 0 Å². The number of thiazole rings is 1. The SMILES string of the molecule is CC(Cn1c(CCl)nc2cccnc21)c1nccs1. The molecule has 3 aromatic rings. The predicted molar refractivity (Wildman–Crippen MR) is 77.6 cm³/mol. The lowest BCUT2D eigenvalue weighted by Gasteiger charge is -2.12. The zero-order valence-corrected chi connectivity index (χ0v) is 12.0. The Hall–Kier alpha value is -1.46. The van der Waals surface area contributed by atoms with Crippen LogP contribution in [0, 0.1) is 0 Å². The van der Waals surface area contributed by atoms with Crippen molar-refractivity contribution in [2.24, 2.45) is 0 Å². The highest BCUT2D eigenvalue weighted by Crippen LogP contribution is 2.23. The van der Waals surface area contributed by atoms with Crippen LogP contribution in [0.1, 0.15) is 23.7 Å². The van der Waals surface area contributed by atoms with E-state index in [-0.39, 0.29) is 0 Å². The van der Waals surface area contributed by atoms with E-state index in [0.717, 1.165) is 28.5 Å². The van der Waals surface area contributed by atoms with E-state index in [0.29, 0.717) is 11.8 Å². The van der Waals surface area contributed by atoms with Gasteiger partial charge >= 0.3 is 0 Å². The molecule has 3 rings (SSSR count). The molecule has 1 atom stereocenters. The number of nitrogens with zero attached hydrogens (tertiary/aromatic N) is 4. The van der Waals surface area contributed by atoms with E-state index >= 15 is 0 Å². The zero-order chi connectivity index (χ0) is 13.2. The fourth-order valence-corrected chi connectivity index (χ4v) is 3.02. The van der Waals surface area contributed by atoms with Gasteiger partial charge < -0.3 is 4.57 Å². The summed E-state index contributed by atoms with van der Waals surface area (Å²) in [5.41, 5.74) is 1.78. The van der Waals surface area contributed by atoms with Gasteiger partial charge in [-0.25, -0.2) is 15.0 Å². The second-order valence-electron chi connectivity index (χ2n) is 4.39. The maximum absolute atomic E-state index is 5.99. The molecule has 0 saturated carbocycles. The minimum Gasteiger partial charge on any atom is -0.311 e. The second kappa shape index (κ2) is 5.27. The summed E-state index contributed by atoms with van der Waals surface area (Å²) in [6.45, 7) is 2.95. The summed E-state index contributed by atoms with van der Waals surface area (Å²) in [6.07, 6.45) is 3.62. The van der Waals surface area contributed by atoms with Gasteiger partial charge in [-0.05, 0) is 12.1 Å². The van der Waals surface area contributed by atoms with Crippen LogP contribution in [0.25, 0.3) is 11.2 Å². The Balaban J connectivity index is 1.99. The molecule has 19 heavy (non-hydrogen) atoms. The molecule has 0 aliphatic rings. The normalized spacial score (nSPS) is 12.9. The average molecular weight is 293 g/mol. The summed E-state index contributed by atoms with van der Waals surface area (Å²) >= 11 is 7.66. The van der Waals surface area contributed by atoms with Gasteiger partial charge in [0.1, 0.15) is 11.3 Å². The maximum Gasteiger partial charge on any atom is 0.160 e. The number of aromatic nitrogens is 4. The summed E-state index contributed by atoms with van der Waals surface area (Å²) < 4.78 is 2.09. The molecule has 0 saturated heterocycles. The first-order valence-corrected chi connectivity index (χ1v) is 7.46. The molecule has 1 unspecified atom stereocenters. The van der Waals surface area contributed by atoms with Crippen LogP contribution >= 0.6 is 22.9 Å². The first kappa shape index (κ1) is 12.6. The molecule has 0 bridgehead atoms. The highest BCUT2D eigenvalue weighted by Gasteiger charge is 2.15. The van der Waals surface area contributed by atoms with Crippen molar-refractivity contribution in [2.75, 3.05) is 0 Å². The van der Waals surface area contributed by atoms with Gasteiger partial charge in [0.25, 0.3) is 0 Å². The van der Waals surface area contributed by atoms with Crippen molar-refractivity contribution in [3.8, 4) is 0 Å². The van der Waals surface area contributed by atoms with E-state index in [1.54, 1.807) is 17.5 Å². The van der Waals surface area contributed by atoms with Gasteiger partial charge in [0, 0.05) is 30.2 Å². The van der Waals surface area contributed by atoms with Crippen LogP contribution in [-0.4, -0.2) is 19.5 Å². The van der Waals surface area contributed by atoms with Crippen molar-refractivity contribution in [3.63, 3.8) is 0 Å². The van der Waals surface area contributed by atoms with E-state index in [2.05, 4.69) is 26.4 Å². The third-order valence-corrected chi connectivity index (χ3v) is 4.28. The lowest BCUT2D eigenvalue weighted by atomic mass is 10.2. The zero-order valence-electron chi connectivity index (χ0n) is 10.5. The second-order valence-corrected chi connectivity index (χ2v) is 5.58. The molecular weight excluding hydrogens is 280 g/mol. The number of halogens is 1. The van der Waals surface area contributed by atoms with E-state index in [1.165, 1.54) is 0 Å². The highest BCUT2D eigenvalue weighted by molar-refractivity contribution is 7.09. The molecule has 0 radical (unpaired) electrons. The van der Waals surface area contributed by atoms with Crippen LogP contribution in [0.3, 0.4) is 0 Å². The number of pyridine rings is 1. The van der Waals surface area contributed by atoms with Gasteiger partial charge in [0.2, 0.25) is 0 Å². The quantitative estimate of drug-likeness (QED) is 0.692. The van der Waals surface area contributed by atoms with E-state index in [4.69, 9.17) is 11.6 Å². The summed E-state index contributed by atoms with van der Waals surface area (Å²) in [7, 11) is 0. The van der Waals surface area contributed by atoms with Gasteiger partial charge in [0.15, 0.2) is 5.65 Å². The fourth-order valence-electron chi connectivity index (χ4n) is 2.13. The minimum atomic E-state index is 0.321. The Kier molecular flexibility index (Phi) is 3.48. The molecule has 0 aromatic carbocycles. The highest BCUT2D eigenvalue weighted by atomic mass is 35.5. The topological polar surface area (TPSA) is 43.6 Å². The summed E-state index contributed by atoms with van der Waals surface area (Å²) in [5, 5.41) is 3.12. The first-order valence-electron chi connectivity index (χ1n) is 6.05. The Bertz CT molecular complexity index is 677. The molecule has 0 N–H and O–H groups in total. The smallest absolute Gasteiger partial charge is 0.160 e. The molecular formula is C13H13ClN4S. The molecule has 0 fully saturated rings. The van der Waals surface area contributed by atoms with E-state index in [1.807, 2.05) is 23.7 Å². The summed E-state index contributed by atoms with van der Waals surface area (Å²) in [4.78, 5) is 13.3. The molecule has 4 nitrogen and oxygen atoms in total. The first-order chi connectivity index (χ1) is 9.29. The maximum atomic E-state index is 5.99. The number of hydrogen-bond acceptors (Lipinski definition) is 4. The molecule has 0 aliphatic heterocycles. The average Bonchev–Trinajstić information content (AvgIpc) is 3.06. The Labute approximate surface area is 120 Å². The number of fused-ring (bicyclic) bond motifs is 1. The summed E-state index contributed by atoms with van der Waals surface area (Å²) in [5.74, 6) is 1.57. The van der Waals surface area contributed by atoms with Crippen molar-refractivity contribution in [3.05, 3.63) is 40.7 Å². The van der Waals surface area contributed by atoms with E-state index < -0.39 is 0 Å². The number of alkyl halides is 1. The molecule has 0 spiro atoms. The van der Waals surface area contributed by atoms with Gasteiger partial charge in [0.05, 0.1) is 10.9 Å². The van der Waals surface area contributed by atoms with Crippen LogP contribution in [-0.2, 0) is 12.4 Å². The molecule has 6 heteroatoms. The van der Waals surface area contributed by atoms with Crippen molar-refractivity contribution < 1.29 is 0 Å². The number of rotatable bonds is 4. The number of imidazole rings is 1. The van der Waals surface area contributed by atoms with Crippen molar-refractivity contribution in [1.29, 1.82) is 0 Å². The third kappa shape index (κ3) is 2.35. The Morgan fingerprint density at radius 1 is 1.37 bits per heavy atom. The lowest BCUT2D eigenvalue weighted by Crippen LogP contribution is -2.09. The van der Waals surface area contributed by atoms with Gasteiger partial charge in [-0.15, -0.1) is 22.9 Å². The third-order valence-electron chi connectivity index (χ3n) is 3.03. The predicted octanol–water partition coefficient (Wildman–Crippen LogP) is 3.43. The molecule has 0 aliphatic carbocycles. The molecule has 0 amide bonds. The minimum absolute atomic E-state index is 0.321. The van der Waals surface area contributed by atoms with Crippen molar-refractivity contribution >= 4 is 34.1 Å². The molecule has 98 valence electrons. The fraction of sp³-hybridized carbons (Fsp3) is 0.308. The van der Waals surface area contributed by atoms with Crippen LogP contribution in [0.15, 0.2) is 29.9 Å². The largest absolute Gasteiger partial charge is 0.311 e. The van der Waals surface area contributed by atoms with Crippen molar-refractivity contribution in [2.45, 2.75) is 25.3 Å². The van der Waals surface area contributed by atoms with Crippen LogP contribution < -0.4 is 0 Å². The van der Waals surface area contributed by atoms with Gasteiger partial charge in [-0.1, -0.05) is 6.92 Å². The van der Waals surface area contributed by atoms with Gasteiger partial charge in [-0.3, -0.25) is 0 Å². The van der Waals surface area contributed by atoms with Crippen LogP contribution in [0.4, 0.5) is 0 Å². The van der Waals surface area contributed by atoms with Crippen LogP contribution in [0.5, 0.6) is 0 Å². The van der Waals surface area contributed by atoms with Crippen molar-refractivity contribution in [1.82, 2.24) is 19.5 Å².